The number of anilines is 1. The Kier molecular flexibility index (Phi) is 2.13. The molecule has 0 spiro atoms. The van der Waals surface area contributed by atoms with E-state index < -0.39 is 0 Å². The van der Waals surface area contributed by atoms with Crippen LogP contribution in [0.25, 0.3) is 5.69 Å². The van der Waals surface area contributed by atoms with Crippen LogP contribution < -0.4 is 5.73 Å². The lowest BCUT2D eigenvalue weighted by Gasteiger charge is -2.04. The van der Waals surface area contributed by atoms with Gasteiger partial charge in [0.05, 0.1) is 11.9 Å². The van der Waals surface area contributed by atoms with Crippen LogP contribution in [0.4, 0.5) is 5.82 Å². The molecule has 0 saturated heterocycles. The molecule has 1 aromatic heterocycles. The van der Waals surface area contributed by atoms with E-state index in [1.54, 1.807) is 10.9 Å². The summed E-state index contributed by atoms with van der Waals surface area (Å²) in [6, 6.07) is 5.58. The average Bonchev–Trinajstić information content (AvgIpc) is 2.56. The highest BCUT2D eigenvalue weighted by molar-refractivity contribution is 6.30. The second-order valence-corrected chi connectivity index (χ2v) is 3.46. The van der Waals surface area contributed by atoms with Gasteiger partial charge in [-0.15, -0.1) is 5.10 Å². The Labute approximate surface area is 86.3 Å². The number of hydrogen-bond acceptors (Lipinski definition) is 3. The summed E-state index contributed by atoms with van der Waals surface area (Å²) < 4.78 is 1.61. The molecule has 4 nitrogen and oxygen atoms in total. The van der Waals surface area contributed by atoms with Crippen molar-refractivity contribution in [1.29, 1.82) is 0 Å². The molecule has 1 heterocycles. The molecule has 0 aliphatic rings. The van der Waals surface area contributed by atoms with Gasteiger partial charge in [0, 0.05) is 5.02 Å². The van der Waals surface area contributed by atoms with Crippen molar-refractivity contribution in [3.05, 3.63) is 35.0 Å². The maximum absolute atomic E-state index is 5.88. The number of rotatable bonds is 1. The standard InChI is InChI=1S/C9H9ClN4/c1-6-2-3-7(10)4-8(6)14-5-9(11)12-13-14/h2-5H,11H2,1H3. The first-order chi connectivity index (χ1) is 6.66. The first-order valence-electron chi connectivity index (χ1n) is 4.11. The van der Waals surface area contributed by atoms with Gasteiger partial charge in [-0.3, -0.25) is 0 Å². The fraction of sp³-hybridized carbons (Fsp3) is 0.111. The number of benzene rings is 1. The van der Waals surface area contributed by atoms with Crippen LogP contribution >= 0.6 is 11.6 Å². The van der Waals surface area contributed by atoms with Gasteiger partial charge in [-0.05, 0) is 24.6 Å². The largest absolute Gasteiger partial charge is 0.381 e. The van der Waals surface area contributed by atoms with Gasteiger partial charge in [0.15, 0.2) is 5.82 Å². The minimum atomic E-state index is 0.393. The molecule has 0 unspecified atom stereocenters. The summed E-state index contributed by atoms with van der Waals surface area (Å²) in [5, 5.41) is 8.25. The summed E-state index contributed by atoms with van der Waals surface area (Å²) in [5.41, 5.74) is 7.44. The van der Waals surface area contributed by atoms with Crippen LogP contribution in [0.2, 0.25) is 5.02 Å². The topological polar surface area (TPSA) is 56.7 Å². The second kappa shape index (κ2) is 3.31. The van der Waals surface area contributed by atoms with E-state index in [9.17, 15) is 0 Å². The predicted octanol–water partition coefficient (Wildman–Crippen LogP) is 1.81. The van der Waals surface area contributed by atoms with Crippen LogP contribution in [0.1, 0.15) is 5.56 Å². The molecule has 0 fully saturated rings. The third kappa shape index (κ3) is 1.56. The summed E-state index contributed by atoms with van der Waals surface area (Å²) in [6.45, 7) is 1.98. The van der Waals surface area contributed by atoms with Crippen LogP contribution in [-0.4, -0.2) is 15.0 Å². The van der Waals surface area contributed by atoms with Gasteiger partial charge in [-0.2, -0.15) is 0 Å². The number of nitrogens with zero attached hydrogens (tertiary/aromatic N) is 3. The third-order valence-corrected chi connectivity index (χ3v) is 2.16. The maximum atomic E-state index is 5.88. The Morgan fingerprint density at radius 3 is 2.86 bits per heavy atom. The van der Waals surface area contributed by atoms with E-state index in [2.05, 4.69) is 10.3 Å². The van der Waals surface area contributed by atoms with Crippen molar-refractivity contribution in [3.8, 4) is 5.69 Å². The molecule has 0 bridgehead atoms. The van der Waals surface area contributed by atoms with Crippen molar-refractivity contribution in [3.63, 3.8) is 0 Å². The van der Waals surface area contributed by atoms with Crippen LogP contribution in [0.5, 0.6) is 0 Å². The summed E-state index contributed by atoms with van der Waals surface area (Å²) in [5.74, 6) is 0.393. The Hall–Kier alpha value is -1.55. The van der Waals surface area contributed by atoms with E-state index >= 15 is 0 Å². The van der Waals surface area contributed by atoms with Gasteiger partial charge >= 0.3 is 0 Å². The zero-order valence-electron chi connectivity index (χ0n) is 7.61. The third-order valence-electron chi connectivity index (χ3n) is 1.93. The molecule has 14 heavy (non-hydrogen) atoms. The molecule has 5 heteroatoms. The van der Waals surface area contributed by atoms with E-state index in [0.29, 0.717) is 10.8 Å². The van der Waals surface area contributed by atoms with E-state index in [-0.39, 0.29) is 0 Å². The molecule has 2 aromatic rings. The Morgan fingerprint density at radius 2 is 2.21 bits per heavy atom. The van der Waals surface area contributed by atoms with E-state index in [1.807, 2.05) is 25.1 Å². The van der Waals surface area contributed by atoms with E-state index in [0.717, 1.165) is 11.3 Å². The van der Waals surface area contributed by atoms with Crippen LogP contribution in [-0.2, 0) is 0 Å². The predicted molar refractivity (Wildman–Crippen MR) is 55.5 cm³/mol. The SMILES string of the molecule is Cc1ccc(Cl)cc1-n1cc(N)nn1. The molecule has 1 aromatic carbocycles. The molecule has 72 valence electrons. The van der Waals surface area contributed by atoms with Gasteiger partial charge in [-0.1, -0.05) is 22.9 Å². The summed E-state index contributed by atoms with van der Waals surface area (Å²) in [6.07, 6.45) is 1.65. The number of nitrogens with two attached hydrogens (primary N) is 1. The maximum Gasteiger partial charge on any atom is 0.166 e. The number of aromatic nitrogens is 3. The molecule has 0 aliphatic heterocycles. The van der Waals surface area contributed by atoms with Gasteiger partial charge in [0.2, 0.25) is 0 Å². The van der Waals surface area contributed by atoms with Gasteiger partial charge in [0.25, 0.3) is 0 Å². The Morgan fingerprint density at radius 1 is 1.43 bits per heavy atom. The van der Waals surface area contributed by atoms with E-state index in [1.165, 1.54) is 0 Å². The minimum Gasteiger partial charge on any atom is -0.381 e. The lowest BCUT2D eigenvalue weighted by atomic mass is 10.2. The van der Waals surface area contributed by atoms with Gasteiger partial charge in [0.1, 0.15) is 0 Å². The molecule has 0 saturated carbocycles. The first-order valence-corrected chi connectivity index (χ1v) is 4.49. The Bertz CT molecular complexity index is 464. The zero-order chi connectivity index (χ0) is 10.1. The van der Waals surface area contributed by atoms with Gasteiger partial charge in [-0.25, -0.2) is 4.68 Å². The number of halogens is 1. The van der Waals surface area contributed by atoms with Crippen molar-refractivity contribution >= 4 is 17.4 Å². The van der Waals surface area contributed by atoms with Crippen molar-refractivity contribution in [2.24, 2.45) is 0 Å². The minimum absolute atomic E-state index is 0.393. The summed E-state index contributed by atoms with van der Waals surface area (Å²) >= 11 is 5.88. The molecular weight excluding hydrogens is 200 g/mol. The normalized spacial score (nSPS) is 10.4. The lowest BCUT2D eigenvalue weighted by molar-refractivity contribution is 0.799. The molecule has 0 radical (unpaired) electrons. The van der Waals surface area contributed by atoms with E-state index in [4.69, 9.17) is 17.3 Å². The van der Waals surface area contributed by atoms with Crippen molar-refractivity contribution in [2.45, 2.75) is 6.92 Å². The number of aryl methyl sites for hydroxylation is 1. The highest BCUT2D eigenvalue weighted by Gasteiger charge is 2.03. The van der Waals surface area contributed by atoms with Crippen molar-refractivity contribution in [2.75, 3.05) is 5.73 Å². The monoisotopic (exact) mass is 208 g/mol. The smallest absolute Gasteiger partial charge is 0.166 e. The highest BCUT2D eigenvalue weighted by atomic mass is 35.5. The lowest BCUT2D eigenvalue weighted by Crippen LogP contribution is -1.97. The van der Waals surface area contributed by atoms with Gasteiger partial charge < -0.3 is 5.73 Å². The second-order valence-electron chi connectivity index (χ2n) is 3.02. The molecule has 2 rings (SSSR count). The molecular formula is C9H9ClN4. The number of nitrogen functional groups attached to an aromatic ring is 1. The van der Waals surface area contributed by atoms with Crippen molar-refractivity contribution < 1.29 is 0 Å². The van der Waals surface area contributed by atoms with Crippen molar-refractivity contribution in [1.82, 2.24) is 15.0 Å². The first kappa shape index (κ1) is 9.02. The fourth-order valence-corrected chi connectivity index (χ4v) is 1.39. The van der Waals surface area contributed by atoms with Crippen LogP contribution in [0.3, 0.4) is 0 Å². The molecule has 2 N–H and O–H groups in total. The summed E-state index contributed by atoms with van der Waals surface area (Å²) in [4.78, 5) is 0. The Balaban J connectivity index is 2.55. The average molecular weight is 209 g/mol. The fourth-order valence-electron chi connectivity index (χ4n) is 1.22. The molecule has 0 aliphatic carbocycles. The zero-order valence-corrected chi connectivity index (χ0v) is 8.36. The van der Waals surface area contributed by atoms with Crippen LogP contribution in [0, 0.1) is 6.92 Å². The molecule has 0 atom stereocenters. The quantitative estimate of drug-likeness (QED) is 0.778. The highest BCUT2D eigenvalue weighted by Crippen LogP contribution is 2.18. The van der Waals surface area contributed by atoms with Crippen LogP contribution in [0.15, 0.2) is 24.4 Å². The molecule has 0 amide bonds. The summed E-state index contributed by atoms with van der Waals surface area (Å²) in [7, 11) is 0. The number of hydrogen-bond donors (Lipinski definition) is 1.